The van der Waals surface area contributed by atoms with Gasteiger partial charge in [-0.2, -0.15) is 0 Å². The first-order chi connectivity index (χ1) is 0. The molecule has 0 N–H and O–H groups in total. The Labute approximate surface area is 113 Å². The fourth-order valence-corrected chi connectivity index (χ4v) is 0. The Morgan fingerprint density at radius 1 is 1.25 bits per heavy atom. The van der Waals surface area contributed by atoms with Crippen molar-refractivity contribution in [3.63, 3.8) is 0 Å². The molecule has 1 radical (unpaired) electrons. The SMILES string of the molecule is I.[Ag].[Fe].[H-].[K+]. The molecule has 29 valence electrons. The van der Waals surface area contributed by atoms with E-state index in [-0.39, 0.29) is 116 Å². The molecule has 0 amide bonds. The third-order valence-corrected chi connectivity index (χ3v) is 0. The minimum atomic E-state index is 0. The van der Waals surface area contributed by atoms with Crippen molar-refractivity contribution in [2.75, 3.05) is 0 Å². The Balaban J connectivity index is 0. The van der Waals surface area contributed by atoms with E-state index in [0.29, 0.717) is 0 Å². The van der Waals surface area contributed by atoms with Gasteiger partial charge in [-0.1, -0.05) is 0 Å². The Kier molecular flexibility index (Phi) is 102. The average Bonchev–Trinajstić information content (AvgIpc) is 0. The molecule has 0 unspecified atom stereocenters. The van der Waals surface area contributed by atoms with Crippen LogP contribution < -0.4 is 51.4 Å². The summed E-state index contributed by atoms with van der Waals surface area (Å²) in [5.41, 5.74) is 0. The molecule has 0 spiro atoms. The molecule has 0 bridgehead atoms. The summed E-state index contributed by atoms with van der Waals surface area (Å²) >= 11 is 0. The minimum Gasteiger partial charge on any atom is -1.00 e. The molecule has 0 atom stereocenters. The average molecular weight is 332 g/mol. The number of halogens is 1. The zero-order chi connectivity index (χ0) is 0. The van der Waals surface area contributed by atoms with Gasteiger partial charge in [0, 0.05) is 39.4 Å². The second-order valence-corrected chi connectivity index (χ2v) is 0. The van der Waals surface area contributed by atoms with Gasteiger partial charge in [-0.05, 0) is 0 Å². The van der Waals surface area contributed by atoms with E-state index in [1.54, 1.807) is 0 Å². The summed E-state index contributed by atoms with van der Waals surface area (Å²) in [4.78, 5) is 0. The molecule has 4 heavy (non-hydrogen) atoms. The van der Waals surface area contributed by atoms with Crippen LogP contribution in [-0.4, -0.2) is 0 Å². The van der Waals surface area contributed by atoms with Crippen molar-refractivity contribution in [2.24, 2.45) is 0 Å². The van der Waals surface area contributed by atoms with Crippen LogP contribution in [-0.2, 0) is 39.4 Å². The van der Waals surface area contributed by atoms with Crippen LogP contribution in [0.25, 0.3) is 0 Å². The van der Waals surface area contributed by atoms with E-state index in [1.165, 1.54) is 0 Å². The molecule has 0 aromatic heterocycles. The van der Waals surface area contributed by atoms with Crippen LogP contribution in [0.3, 0.4) is 0 Å². The quantitative estimate of drug-likeness (QED) is 0.347. The molecule has 0 aliphatic carbocycles. The summed E-state index contributed by atoms with van der Waals surface area (Å²) in [5.74, 6) is 0. The molecule has 0 saturated carbocycles. The maximum atomic E-state index is 0. The van der Waals surface area contributed by atoms with E-state index in [4.69, 9.17) is 0 Å². The van der Waals surface area contributed by atoms with Crippen LogP contribution in [0.4, 0.5) is 0 Å². The molecule has 0 aromatic rings. The van der Waals surface area contributed by atoms with E-state index < -0.39 is 0 Å². The van der Waals surface area contributed by atoms with Gasteiger partial charge in [0.25, 0.3) is 0 Å². The van der Waals surface area contributed by atoms with Crippen molar-refractivity contribution >= 4 is 24.0 Å². The van der Waals surface area contributed by atoms with Crippen molar-refractivity contribution in [2.45, 2.75) is 0 Å². The van der Waals surface area contributed by atoms with Gasteiger partial charge in [0.15, 0.2) is 0 Å². The third kappa shape index (κ3) is 9.16. The molecule has 0 aliphatic rings. The van der Waals surface area contributed by atoms with Gasteiger partial charge in [-0.15, -0.1) is 24.0 Å². The zero-order valence-electron chi connectivity index (χ0n) is 3.06. The fraction of sp³-hybridized carbons (Fsp3) is 0. The summed E-state index contributed by atoms with van der Waals surface area (Å²) in [6.07, 6.45) is 0. The summed E-state index contributed by atoms with van der Waals surface area (Å²) in [7, 11) is 0. The van der Waals surface area contributed by atoms with E-state index >= 15 is 0 Å². The molecule has 0 heterocycles. The smallest absolute Gasteiger partial charge is 1.00 e. The van der Waals surface area contributed by atoms with E-state index in [0.717, 1.165) is 0 Å². The van der Waals surface area contributed by atoms with Crippen LogP contribution in [0.15, 0.2) is 0 Å². The molecule has 4 heteroatoms. The van der Waals surface area contributed by atoms with Crippen molar-refractivity contribution in [3.05, 3.63) is 0 Å². The van der Waals surface area contributed by atoms with Gasteiger partial charge in [0.2, 0.25) is 0 Å². The van der Waals surface area contributed by atoms with Crippen LogP contribution in [0.5, 0.6) is 0 Å². The second kappa shape index (κ2) is 16.0. The normalized spacial score (nSPS) is 0. The van der Waals surface area contributed by atoms with Crippen molar-refractivity contribution < 1.29 is 92.3 Å². The first kappa shape index (κ1) is 25.5. The molecule has 0 aliphatic heterocycles. The minimum absolute atomic E-state index is 0. The van der Waals surface area contributed by atoms with Gasteiger partial charge in [0.1, 0.15) is 0 Å². The second-order valence-electron chi connectivity index (χ2n) is 0. The standard InChI is InChI=1S/Ag.Fe.HI.K.H/h;;1H;;/q;;;+1;-1. The number of hydrogen-bond acceptors (Lipinski definition) is 0. The Hall–Kier alpha value is 3.63. The molecule has 0 aromatic carbocycles. The molecule has 0 nitrogen and oxygen atoms in total. The van der Waals surface area contributed by atoms with Crippen LogP contribution >= 0.6 is 24.0 Å². The van der Waals surface area contributed by atoms with Gasteiger partial charge in [-0.3, -0.25) is 0 Å². The third-order valence-electron chi connectivity index (χ3n) is 0. The van der Waals surface area contributed by atoms with Crippen LogP contribution in [0.2, 0.25) is 0 Å². The van der Waals surface area contributed by atoms with Gasteiger partial charge >= 0.3 is 51.4 Å². The van der Waals surface area contributed by atoms with Crippen LogP contribution in [0, 0.1) is 0 Å². The monoisotopic (exact) mass is 331 g/mol. The predicted octanol–water partition coefficient (Wildman–Crippen LogP) is -2.27. The predicted molar refractivity (Wildman–Crippen MR) is 16.5 cm³/mol. The number of rotatable bonds is 0. The topological polar surface area (TPSA) is 0 Å². The fourth-order valence-electron chi connectivity index (χ4n) is 0. The summed E-state index contributed by atoms with van der Waals surface area (Å²) < 4.78 is 0. The summed E-state index contributed by atoms with van der Waals surface area (Å²) in [6.45, 7) is 0. The largest absolute Gasteiger partial charge is 1.00 e. The maximum Gasteiger partial charge on any atom is 1.00 e. The Morgan fingerprint density at radius 3 is 1.25 bits per heavy atom. The molecular formula is H2AgFeIK. The van der Waals surface area contributed by atoms with Crippen molar-refractivity contribution in [3.8, 4) is 0 Å². The van der Waals surface area contributed by atoms with Gasteiger partial charge < -0.3 is 1.43 Å². The molecule has 0 saturated heterocycles. The van der Waals surface area contributed by atoms with Gasteiger partial charge in [-0.25, -0.2) is 0 Å². The van der Waals surface area contributed by atoms with E-state index in [2.05, 4.69) is 0 Å². The first-order valence-corrected chi connectivity index (χ1v) is 0. The van der Waals surface area contributed by atoms with Crippen LogP contribution in [0.1, 0.15) is 1.43 Å². The number of hydrogen-bond donors (Lipinski definition) is 0. The molecule has 0 fully saturated rings. The maximum absolute atomic E-state index is 0. The van der Waals surface area contributed by atoms with Gasteiger partial charge in [0.05, 0.1) is 0 Å². The molecule has 0 rings (SSSR count). The Morgan fingerprint density at radius 2 is 1.25 bits per heavy atom. The van der Waals surface area contributed by atoms with E-state index in [9.17, 15) is 0 Å². The Bertz CT molecular complexity index is 11.6. The van der Waals surface area contributed by atoms with Crippen molar-refractivity contribution in [1.29, 1.82) is 0 Å². The van der Waals surface area contributed by atoms with Crippen molar-refractivity contribution in [1.82, 2.24) is 0 Å². The summed E-state index contributed by atoms with van der Waals surface area (Å²) in [6, 6.07) is 0. The summed E-state index contributed by atoms with van der Waals surface area (Å²) in [5, 5.41) is 0. The van der Waals surface area contributed by atoms with E-state index in [1.807, 2.05) is 0 Å². The first-order valence-electron chi connectivity index (χ1n) is 0. The molecular weight excluding hydrogens is 330 g/mol. The zero-order valence-corrected chi connectivity index (χ0v) is 10.1.